The van der Waals surface area contributed by atoms with Gasteiger partial charge in [0.15, 0.2) is 5.13 Å². The molecule has 0 radical (unpaired) electrons. The maximum absolute atomic E-state index is 13.1. The van der Waals surface area contributed by atoms with Crippen LogP contribution >= 0.6 is 34.5 Å². The van der Waals surface area contributed by atoms with Crippen LogP contribution in [-0.4, -0.2) is 64.9 Å². The van der Waals surface area contributed by atoms with Gasteiger partial charge in [-0.3, -0.25) is 4.79 Å². The van der Waals surface area contributed by atoms with Crippen molar-refractivity contribution < 1.29 is 27.9 Å². The van der Waals surface area contributed by atoms with E-state index in [1.807, 2.05) is 4.90 Å². The predicted octanol–water partition coefficient (Wildman–Crippen LogP) is 4.61. The molecule has 14 heteroatoms. The molecule has 1 saturated carbocycles. The number of fused-ring (bicyclic) bond motifs is 1. The number of carbonyl (C=O) groups is 2. The molecular formula is C23H20Cl2F3LiN4O3S. The average molecular weight is 567 g/mol. The molecule has 0 bridgehead atoms. The molecule has 3 heterocycles. The van der Waals surface area contributed by atoms with Gasteiger partial charge >= 0.3 is 31.0 Å². The second-order valence-electron chi connectivity index (χ2n) is 8.94. The first-order chi connectivity index (χ1) is 16.9. The normalized spacial score (nSPS) is 20.4. The van der Waals surface area contributed by atoms with Crippen molar-refractivity contribution in [2.24, 2.45) is 11.8 Å². The van der Waals surface area contributed by atoms with E-state index in [2.05, 4.69) is 15.3 Å². The van der Waals surface area contributed by atoms with E-state index in [1.165, 1.54) is 12.1 Å². The van der Waals surface area contributed by atoms with E-state index in [4.69, 9.17) is 23.2 Å². The predicted molar refractivity (Wildman–Crippen MR) is 136 cm³/mol. The summed E-state index contributed by atoms with van der Waals surface area (Å²) in [6, 6.07) is 4.75. The summed E-state index contributed by atoms with van der Waals surface area (Å²) in [5, 5.41) is 13.6. The molecule has 37 heavy (non-hydrogen) atoms. The summed E-state index contributed by atoms with van der Waals surface area (Å²) in [4.78, 5) is 33.7. The number of piperidine rings is 1. The van der Waals surface area contributed by atoms with Crippen LogP contribution in [0.25, 0.3) is 0 Å². The zero-order valence-electron chi connectivity index (χ0n) is 18.6. The van der Waals surface area contributed by atoms with Gasteiger partial charge in [-0.1, -0.05) is 52.7 Å². The fourth-order valence-corrected chi connectivity index (χ4v) is 6.02. The van der Waals surface area contributed by atoms with E-state index in [9.17, 15) is 27.9 Å². The molecule has 7 nitrogen and oxygen atoms in total. The first-order valence-corrected chi connectivity index (χ1v) is 12.5. The van der Waals surface area contributed by atoms with Crippen LogP contribution in [0.3, 0.4) is 0 Å². The van der Waals surface area contributed by atoms with Crippen LogP contribution in [0, 0.1) is 18.8 Å². The van der Waals surface area contributed by atoms with Crippen LogP contribution in [0.1, 0.15) is 42.7 Å². The Kier molecular flexibility index (Phi) is 7.67. The van der Waals surface area contributed by atoms with Gasteiger partial charge in [-0.15, -0.1) is 0 Å². The van der Waals surface area contributed by atoms with Gasteiger partial charge in [0.2, 0.25) is 0 Å². The van der Waals surface area contributed by atoms with Crippen molar-refractivity contribution in [3.8, 4) is 0 Å². The number of carboxylic acid groups (broad SMARTS) is 1. The maximum atomic E-state index is 13.1. The second kappa shape index (κ2) is 10.2. The number of aromatic carboxylic acids is 1. The number of nitrogens with zero attached hydrogens (tertiary/aromatic N) is 2. The van der Waals surface area contributed by atoms with Gasteiger partial charge in [0.1, 0.15) is 10.6 Å². The molecule has 5 rings (SSSR count). The molecule has 3 atom stereocenters. The number of aryl methyl sites for hydroxylation is 1. The van der Waals surface area contributed by atoms with Crippen molar-refractivity contribution in [1.29, 1.82) is 0 Å². The second-order valence-corrected chi connectivity index (χ2v) is 10.7. The first kappa shape index (κ1) is 27.9. The van der Waals surface area contributed by atoms with Gasteiger partial charge < -0.3 is 20.3 Å². The van der Waals surface area contributed by atoms with E-state index in [1.54, 1.807) is 6.92 Å². The number of carboxylic acids is 1. The zero-order valence-corrected chi connectivity index (χ0v) is 20.9. The molecule has 2 aliphatic rings. The van der Waals surface area contributed by atoms with Crippen LogP contribution in [0.4, 0.5) is 18.3 Å². The van der Waals surface area contributed by atoms with Gasteiger partial charge in [-0.25, -0.2) is 9.78 Å². The molecule has 2 aromatic heterocycles. The summed E-state index contributed by atoms with van der Waals surface area (Å²) in [6.07, 6.45) is -4.51. The Labute approximate surface area is 235 Å². The van der Waals surface area contributed by atoms with Crippen molar-refractivity contribution in [2.45, 2.75) is 25.6 Å². The Morgan fingerprint density at radius 3 is 2.49 bits per heavy atom. The molecule has 1 amide bonds. The van der Waals surface area contributed by atoms with E-state index in [0.29, 0.717) is 34.5 Å². The van der Waals surface area contributed by atoms with Gasteiger partial charge in [0.25, 0.3) is 5.91 Å². The number of carbonyl (C=O) groups excluding carboxylic acids is 1. The molecular weight excluding hydrogens is 547 g/mol. The van der Waals surface area contributed by atoms with Crippen LogP contribution in [0.2, 0.25) is 10.0 Å². The number of halogens is 5. The minimum absolute atomic E-state index is 0. The Bertz CT molecular complexity index is 1370. The summed E-state index contributed by atoms with van der Waals surface area (Å²) in [6.45, 7) is 2.86. The summed E-state index contributed by atoms with van der Waals surface area (Å²) < 4.78 is 39.2. The Hall–Kier alpha value is -2.16. The van der Waals surface area contributed by atoms with Crippen LogP contribution in [0.15, 0.2) is 24.3 Å². The van der Waals surface area contributed by atoms with Crippen molar-refractivity contribution in [1.82, 2.24) is 15.3 Å². The van der Waals surface area contributed by atoms with E-state index < -0.39 is 17.7 Å². The summed E-state index contributed by atoms with van der Waals surface area (Å²) in [7, 11) is 0. The summed E-state index contributed by atoms with van der Waals surface area (Å²) in [5.41, 5.74) is 0.577. The molecule has 0 spiro atoms. The molecule has 1 aliphatic heterocycles. The number of hydrogen-bond donors (Lipinski definition) is 3. The topological polar surface area (TPSA) is 98.3 Å². The number of anilines is 1. The molecule has 3 aromatic rings. The quantitative estimate of drug-likeness (QED) is 0.378. The number of alkyl halides is 3. The number of rotatable bonds is 6. The number of hydrogen-bond acceptors (Lipinski definition) is 5. The average Bonchev–Trinajstić information content (AvgIpc) is 3.18. The van der Waals surface area contributed by atoms with Crippen molar-refractivity contribution in [3.05, 3.63) is 67.4 Å². The molecule has 1 aliphatic carbocycles. The third-order valence-electron chi connectivity index (χ3n) is 6.55. The number of nitrogens with one attached hydrogen (secondary N) is 2. The van der Waals surface area contributed by atoms with E-state index >= 15 is 0 Å². The SMILES string of the molecule is Cc1[nH]c(C(=O)NC2[C@H]3CN(c4nc(Cc5cccc(C(F)(F)F)c5)c(C(=O)O)s4)C[C@@H]23)c(Cl)c1Cl.[LiH]. The monoisotopic (exact) mass is 566 g/mol. The van der Waals surface area contributed by atoms with E-state index in [0.717, 1.165) is 23.5 Å². The van der Waals surface area contributed by atoms with Gasteiger partial charge in [-0.05, 0) is 18.6 Å². The Balaban J connectivity index is 0.00000320. The summed E-state index contributed by atoms with van der Waals surface area (Å²) in [5.74, 6) is -1.18. The van der Waals surface area contributed by atoms with Crippen molar-refractivity contribution >= 4 is 70.4 Å². The molecule has 1 aromatic carbocycles. The number of H-pyrrole nitrogens is 1. The van der Waals surface area contributed by atoms with E-state index in [-0.39, 0.29) is 70.4 Å². The third kappa shape index (κ3) is 5.38. The van der Waals surface area contributed by atoms with Crippen LogP contribution in [0.5, 0.6) is 0 Å². The fraction of sp³-hybridized carbons (Fsp3) is 0.348. The van der Waals surface area contributed by atoms with Gasteiger partial charge in [0.05, 0.1) is 21.3 Å². The van der Waals surface area contributed by atoms with Crippen molar-refractivity contribution in [3.63, 3.8) is 0 Å². The Morgan fingerprint density at radius 2 is 1.92 bits per heavy atom. The van der Waals surface area contributed by atoms with Crippen molar-refractivity contribution in [2.75, 3.05) is 18.0 Å². The zero-order chi connectivity index (χ0) is 25.9. The number of aromatic nitrogens is 2. The summed E-state index contributed by atoms with van der Waals surface area (Å²) >= 11 is 13.2. The molecule has 3 N–H and O–H groups in total. The third-order valence-corrected chi connectivity index (χ3v) is 8.64. The molecule has 1 unspecified atom stereocenters. The van der Waals surface area contributed by atoms with Gasteiger partial charge in [-0.2, -0.15) is 13.2 Å². The number of thiazole rings is 1. The fourth-order valence-electron chi connectivity index (χ4n) is 4.66. The van der Waals surface area contributed by atoms with Gasteiger partial charge in [0, 0.05) is 43.1 Å². The minimum atomic E-state index is -4.49. The first-order valence-electron chi connectivity index (χ1n) is 10.9. The molecule has 192 valence electrons. The van der Waals surface area contributed by atoms with Crippen LogP contribution in [-0.2, 0) is 12.6 Å². The van der Waals surface area contributed by atoms with Crippen LogP contribution < -0.4 is 10.2 Å². The molecule has 2 fully saturated rings. The standard InChI is InChI=1S/C23H19Cl2F3N4O3S.Li.H/c1-9-15(24)16(25)18(29-9)20(33)31-17-12-7-32(8-13(12)17)22-30-14(19(36-22)21(34)35)6-10-3-2-4-11(5-10)23(26,27)28;;/h2-5,12-13,17,29H,6-8H2,1H3,(H,31,33)(H,34,35);;/t12-,13+,17?;;. The molecule has 1 saturated heterocycles. The number of amides is 1. The Morgan fingerprint density at radius 1 is 1.24 bits per heavy atom. The number of aromatic amines is 1. The number of benzene rings is 1.